The SMILES string of the molecule is COc1cc(C#N)cc(OCC(=O)NC(C)C)c1. The third-order valence-corrected chi connectivity index (χ3v) is 2.06. The Balaban J connectivity index is 2.67. The van der Waals surface area contributed by atoms with Crippen LogP contribution in [0.25, 0.3) is 0 Å². The van der Waals surface area contributed by atoms with Crippen LogP contribution < -0.4 is 14.8 Å². The van der Waals surface area contributed by atoms with E-state index >= 15 is 0 Å². The van der Waals surface area contributed by atoms with Crippen LogP contribution in [0.15, 0.2) is 18.2 Å². The Labute approximate surface area is 106 Å². The van der Waals surface area contributed by atoms with Gasteiger partial charge in [0.25, 0.3) is 5.91 Å². The molecule has 1 N–H and O–H groups in total. The van der Waals surface area contributed by atoms with Crippen LogP contribution in [0.2, 0.25) is 0 Å². The molecular weight excluding hydrogens is 232 g/mol. The van der Waals surface area contributed by atoms with Crippen LogP contribution in [-0.2, 0) is 4.79 Å². The van der Waals surface area contributed by atoms with Crippen molar-refractivity contribution in [1.29, 1.82) is 5.26 Å². The topological polar surface area (TPSA) is 71.3 Å². The second-order valence-electron chi connectivity index (χ2n) is 4.02. The molecule has 0 aliphatic heterocycles. The molecule has 0 unspecified atom stereocenters. The number of carbonyl (C=O) groups is 1. The van der Waals surface area contributed by atoms with Gasteiger partial charge in [-0.25, -0.2) is 0 Å². The second kappa shape index (κ2) is 6.50. The standard InChI is InChI=1S/C13H16N2O3/c1-9(2)15-13(16)8-18-12-5-10(7-14)4-11(6-12)17-3/h4-6,9H,8H2,1-3H3,(H,15,16). The summed E-state index contributed by atoms with van der Waals surface area (Å²) in [5.41, 5.74) is 0.425. The van der Waals surface area contributed by atoms with Crippen molar-refractivity contribution in [3.05, 3.63) is 23.8 Å². The summed E-state index contributed by atoms with van der Waals surface area (Å²) in [6, 6.07) is 6.86. The summed E-state index contributed by atoms with van der Waals surface area (Å²) in [6.45, 7) is 3.66. The first-order valence-corrected chi connectivity index (χ1v) is 5.56. The average molecular weight is 248 g/mol. The second-order valence-corrected chi connectivity index (χ2v) is 4.02. The van der Waals surface area contributed by atoms with Gasteiger partial charge in [-0.1, -0.05) is 0 Å². The highest BCUT2D eigenvalue weighted by atomic mass is 16.5. The van der Waals surface area contributed by atoms with E-state index in [1.54, 1.807) is 18.2 Å². The largest absolute Gasteiger partial charge is 0.497 e. The molecule has 18 heavy (non-hydrogen) atoms. The molecule has 5 nitrogen and oxygen atoms in total. The lowest BCUT2D eigenvalue weighted by Crippen LogP contribution is -2.34. The van der Waals surface area contributed by atoms with Crippen molar-refractivity contribution in [3.8, 4) is 17.6 Å². The molecule has 0 bridgehead atoms. The summed E-state index contributed by atoms with van der Waals surface area (Å²) in [7, 11) is 1.51. The van der Waals surface area contributed by atoms with E-state index in [4.69, 9.17) is 14.7 Å². The molecule has 0 saturated heterocycles. The zero-order chi connectivity index (χ0) is 13.5. The minimum absolute atomic E-state index is 0.0704. The highest BCUT2D eigenvalue weighted by molar-refractivity contribution is 5.77. The molecule has 1 aromatic carbocycles. The molecule has 0 aromatic heterocycles. The first-order chi connectivity index (χ1) is 8.55. The van der Waals surface area contributed by atoms with Gasteiger partial charge >= 0.3 is 0 Å². The van der Waals surface area contributed by atoms with Gasteiger partial charge in [0, 0.05) is 12.1 Å². The fraction of sp³-hybridized carbons (Fsp3) is 0.385. The van der Waals surface area contributed by atoms with Crippen molar-refractivity contribution in [2.75, 3.05) is 13.7 Å². The molecule has 0 saturated carbocycles. The van der Waals surface area contributed by atoms with Gasteiger partial charge in [0.15, 0.2) is 6.61 Å². The molecule has 0 fully saturated rings. The molecule has 0 spiro atoms. The van der Waals surface area contributed by atoms with E-state index in [1.165, 1.54) is 7.11 Å². The third-order valence-electron chi connectivity index (χ3n) is 2.06. The number of nitrogens with zero attached hydrogens (tertiary/aromatic N) is 1. The van der Waals surface area contributed by atoms with E-state index in [1.807, 2.05) is 19.9 Å². The summed E-state index contributed by atoms with van der Waals surface area (Å²) in [5, 5.41) is 11.5. The molecular formula is C13H16N2O3. The monoisotopic (exact) mass is 248 g/mol. The zero-order valence-electron chi connectivity index (χ0n) is 10.7. The van der Waals surface area contributed by atoms with Crippen LogP contribution in [0.5, 0.6) is 11.5 Å². The number of amides is 1. The van der Waals surface area contributed by atoms with Crippen LogP contribution in [0.4, 0.5) is 0 Å². The molecule has 0 aliphatic carbocycles. The number of nitrogens with one attached hydrogen (secondary N) is 1. The summed E-state index contributed by atoms with van der Waals surface area (Å²) in [4.78, 5) is 11.4. The Morgan fingerprint density at radius 2 is 2.06 bits per heavy atom. The summed E-state index contributed by atoms with van der Waals surface area (Å²) >= 11 is 0. The highest BCUT2D eigenvalue weighted by Gasteiger charge is 2.06. The van der Waals surface area contributed by atoms with Crippen molar-refractivity contribution in [1.82, 2.24) is 5.32 Å². The Kier molecular flexibility index (Phi) is 5.00. The normalized spacial score (nSPS) is 9.72. The quantitative estimate of drug-likeness (QED) is 0.856. The maximum Gasteiger partial charge on any atom is 0.258 e. The van der Waals surface area contributed by atoms with Crippen LogP contribution >= 0.6 is 0 Å². The Bertz CT molecular complexity index is 464. The number of nitriles is 1. The zero-order valence-corrected chi connectivity index (χ0v) is 10.7. The van der Waals surface area contributed by atoms with Crippen LogP contribution in [0.3, 0.4) is 0 Å². The van der Waals surface area contributed by atoms with Gasteiger partial charge in [-0.3, -0.25) is 4.79 Å². The van der Waals surface area contributed by atoms with E-state index in [9.17, 15) is 4.79 Å². The number of benzene rings is 1. The van der Waals surface area contributed by atoms with Gasteiger partial charge in [-0.15, -0.1) is 0 Å². The van der Waals surface area contributed by atoms with Crippen molar-refractivity contribution < 1.29 is 14.3 Å². The minimum Gasteiger partial charge on any atom is -0.497 e. The Hall–Kier alpha value is -2.22. The van der Waals surface area contributed by atoms with E-state index in [0.717, 1.165) is 0 Å². The van der Waals surface area contributed by atoms with Crippen molar-refractivity contribution >= 4 is 5.91 Å². The number of hydrogen-bond donors (Lipinski definition) is 1. The smallest absolute Gasteiger partial charge is 0.258 e. The molecule has 1 amide bonds. The van der Waals surface area contributed by atoms with Crippen LogP contribution in [-0.4, -0.2) is 25.7 Å². The number of carbonyl (C=O) groups excluding carboxylic acids is 1. The number of rotatable bonds is 5. The summed E-state index contributed by atoms with van der Waals surface area (Å²) < 4.78 is 10.3. The van der Waals surface area contributed by atoms with Crippen molar-refractivity contribution in [2.24, 2.45) is 0 Å². The fourth-order valence-corrected chi connectivity index (χ4v) is 1.35. The fourth-order valence-electron chi connectivity index (χ4n) is 1.35. The third kappa shape index (κ3) is 4.34. The van der Waals surface area contributed by atoms with E-state index in [2.05, 4.69) is 5.32 Å². The van der Waals surface area contributed by atoms with Gasteiger partial charge in [0.1, 0.15) is 11.5 Å². The molecule has 1 rings (SSSR count). The lowest BCUT2D eigenvalue weighted by Gasteiger charge is -2.10. The summed E-state index contributed by atoms with van der Waals surface area (Å²) in [5.74, 6) is 0.754. The number of hydrogen-bond acceptors (Lipinski definition) is 4. The van der Waals surface area contributed by atoms with Gasteiger partial charge in [-0.05, 0) is 26.0 Å². The van der Waals surface area contributed by atoms with Gasteiger partial charge in [0.05, 0.1) is 18.7 Å². The highest BCUT2D eigenvalue weighted by Crippen LogP contribution is 2.22. The van der Waals surface area contributed by atoms with E-state index < -0.39 is 0 Å². The molecule has 0 aliphatic rings. The maximum absolute atomic E-state index is 11.4. The predicted octanol–water partition coefficient (Wildman–Crippen LogP) is 1.47. The summed E-state index contributed by atoms with van der Waals surface area (Å²) in [6.07, 6.45) is 0. The molecule has 1 aromatic rings. The van der Waals surface area contributed by atoms with Gasteiger partial charge < -0.3 is 14.8 Å². The van der Waals surface area contributed by atoms with Crippen LogP contribution in [0, 0.1) is 11.3 Å². The molecule has 0 atom stereocenters. The lowest BCUT2D eigenvalue weighted by atomic mass is 10.2. The van der Waals surface area contributed by atoms with Crippen molar-refractivity contribution in [2.45, 2.75) is 19.9 Å². The molecule has 0 radical (unpaired) electrons. The van der Waals surface area contributed by atoms with Crippen molar-refractivity contribution in [3.63, 3.8) is 0 Å². The van der Waals surface area contributed by atoms with Gasteiger partial charge in [0.2, 0.25) is 0 Å². The lowest BCUT2D eigenvalue weighted by molar-refractivity contribution is -0.123. The van der Waals surface area contributed by atoms with Gasteiger partial charge in [-0.2, -0.15) is 5.26 Å². The molecule has 96 valence electrons. The Morgan fingerprint density at radius 3 is 2.61 bits per heavy atom. The van der Waals surface area contributed by atoms with Crippen LogP contribution in [0.1, 0.15) is 19.4 Å². The first kappa shape index (κ1) is 13.8. The number of methoxy groups -OCH3 is 1. The average Bonchev–Trinajstić information content (AvgIpc) is 2.35. The number of ether oxygens (including phenoxy) is 2. The maximum atomic E-state index is 11.4. The predicted molar refractivity (Wildman–Crippen MR) is 66.5 cm³/mol. The first-order valence-electron chi connectivity index (χ1n) is 5.56. The van der Waals surface area contributed by atoms with E-state index in [-0.39, 0.29) is 18.6 Å². The van der Waals surface area contributed by atoms with E-state index in [0.29, 0.717) is 17.1 Å². The molecule has 5 heteroatoms. The Morgan fingerprint density at radius 1 is 1.39 bits per heavy atom. The molecule has 0 heterocycles. The minimum atomic E-state index is -0.202.